The molecule has 0 aliphatic rings. The predicted octanol–water partition coefficient (Wildman–Crippen LogP) is 2.88. The van der Waals surface area contributed by atoms with Gasteiger partial charge in [-0.05, 0) is 33.6 Å². The van der Waals surface area contributed by atoms with Crippen molar-refractivity contribution >= 4 is 27.5 Å². The lowest BCUT2D eigenvalue weighted by Crippen LogP contribution is -2.11. The van der Waals surface area contributed by atoms with Gasteiger partial charge in [0.2, 0.25) is 0 Å². The van der Waals surface area contributed by atoms with Crippen LogP contribution in [0.3, 0.4) is 0 Å². The molecule has 16 heavy (non-hydrogen) atoms. The quantitative estimate of drug-likeness (QED) is 0.927. The van der Waals surface area contributed by atoms with E-state index >= 15 is 0 Å². The number of halogens is 2. The van der Waals surface area contributed by atoms with Crippen LogP contribution in [-0.4, -0.2) is 9.78 Å². The number of benzene rings is 1. The first kappa shape index (κ1) is 11.6. The van der Waals surface area contributed by atoms with Gasteiger partial charge in [-0.3, -0.25) is 4.68 Å². The highest BCUT2D eigenvalue weighted by molar-refractivity contribution is 9.10. The first-order valence-corrected chi connectivity index (χ1v) is 5.94. The monoisotopic (exact) mass is 299 g/mol. The normalized spacial score (nSPS) is 12.8. The molecule has 0 aliphatic heterocycles. The number of nitrogens with two attached hydrogens (primary N) is 1. The Balaban J connectivity index is 2.33. The fraction of sp³-hybridized carbons (Fsp3) is 0.182. The number of hydrogen-bond donors (Lipinski definition) is 1. The molecular formula is C11H11BrClN3. The minimum absolute atomic E-state index is 0.195. The first-order valence-electron chi connectivity index (χ1n) is 4.77. The topological polar surface area (TPSA) is 43.8 Å². The van der Waals surface area contributed by atoms with Gasteiger partial charge >= 0.3 is 0 Å². The zero-order chi connectivity index (χ0) is 11.7. The van der Waals surface area contributed by atoms with Crippen molar-refractivity contribution in [3.05, 3.63) is 51.2 Å². The molecule has 0 saturated carbocycles. The molecule has 0 amide bonds. The minimum Gasteiger partial charge on any atom is -0.320 e. The Kier molecular flexibility index (Phi) is 3.33. The van der Waals surface area contributed by atoms with Gasteiger partial charge in [-0.25, -0.2) is 0 Å². The molecule has 1 atom stereocenters. The Morgan fingerprint density at radius 1 is 1.44 bits per heavy atom. The Bertz CT molecular complexity index is 510. The van der Waals surface area contributed by atoms with Crippen LogP contribution in [-0.2, 0) is 7.05 Å². The lowest BCUT2D eigenvalue weighted by molar-refractivity contribution is 0.765. The van der Waals surface area contributed by atoms with Gasteiger partial charge in [-0.1, -0.05) is 17.7 Å². The molecule has 1 heterocycles. The smallest absolute Gasteiger partial charge is 0.0583 e. The molecule has 0 bridgehead atoms. The summed E-state index contributed by atoms with van der Waals surface area (Å²) in [7, 11) is 1.87. The summed E-state index contributed by atoms with van der Waals surface area (Å²) in [5.41, 5.74) is 8.07. The molecule has 0 saturated heterocycles. The van der Waals surface area contributed by atoms with Gasteiger partial charge in [0.15, 0.2) is 0 Å². The van der Waals surface area contributed by atoms with Crippen molar-refractivity contribution in [1.82, 2.24) is 9.78 Å². The van der Waals surface area contributed by atoms with E-state index in [0.717, 1.165) is 15.6 Å². The zero-order valence-electron chi connectivity index (χ0n) is 8.69. The van der Waals surface area contributed by atoms with Crippen molar-refractivity contribution in [3.8, 4) is 0 Å². The molecule has 1 unspecified atom stereocenters. The van der Waals surface area contributed by atoms with Gasteiger partial charge in [0.1, 0.15) is 0 Å². The number of aryl methyl sites for hydroxylation is 1. The van der Waals surface area contributed by atoms with Crippen LogP contribution >= 0.6 is 27.5 Å². The third-order valence-corrected chi connectivity index (χ3v) is 3.62. The number of nitrogens with zero attached hydrogens (tertiary/aromatic N) is 2. The highest BCUT2D eigenvalue weighted by Gasteiger charge is 2.11. The summed E-state index contributed by atoms with van der Waals surface area (Å²) in [5, 5.41) is 4.76. The van der Waals surface area contributed by atoms with Crippen molar-refractivity contribution in [1.29, 1.82) is 0 Å². The molecule has 3 nitrogen and oxygen atoms in total. The first-order chi connectivity index (χ1) is 7.58. The highest BCUT2D eigenvalue weighted by Crippen LogP contribution is 2.27. The van der Waals surface area contributed by atoms with Crippen molar-refractivity contribution in [2.75, 3.05) is 0 Å². The van der Waals surface area contributed by atoms with Crippen molar-refractivity contribution in [3.63, 3.8) is 0 Å². The molecule has 2 rings (SSSR count). The van der Waals surface area contributed by atoms with Crippen LogP contribution in [0.1, 0.15) is 17.2 Å². The van der Waals surface area contributed by atoms with E-state index in [1.54, 1.807) is 10.9 Å². The summed E-state index contributed by atoms with van der Waals surface area (Å²) < 4.78 is 2.60. The van der Waals surface area contributed by atoms with Gasteiger partial charge in [-0.15, -0.1) is 0 Å². The number of hydrogen-bond acceptors (Lipinski definition) is 2. The number of aromatic nitrogens is 2. The molecule has 1 aromatic heterocycles. The summed E-state index contributed by atoms with van der Waals surface area (Å²) in [6.07, 6.45) is 3.67. The van der Waals surface area contributed by atoms with Crippen molar-refractivity contribution in [2.45, 2.75) is 6.04 Å². The average Bonchev–Trinajstić information content (AvgIpc) is 2.68. The lowest BCUT2D eigenvalue weighted by Gasteiger charge is -2.10. The standard InChI is InChI=1S/C11H11BrClN3/c1-16-6-8(5-15-16)11(14)7-2-3-9(12)10(13)4-7/h2-6,11H,14H2,1H3. The summed E-state index contributed by atoms with van der Waals surface area (Å²) in [6.45, 7) is 0. The molecule has 2 N–H and O–H groups in total. The second kappa shape index (κ2) is 4.57. The molecule has 0 spiro atoms. The van der Waals surface area contributed by atoms with Crippen LogP contribution in [0.2, 0.25) is 5.02 Å². The Hall–Kier alpha value is -0.840. The van der Waals surface area contributed by atoms with Crippen LogP contribution < -0.4 is 5.73 Å². The van der Waals surface area contributed by atoms with E-state index in [1.807, 2.05) is 31.4 Å². The SMILES string of the molecule is Cn1cc(C(N)c2ccc(Br)c(Cl)c2)cn1. The molecule has 0 fully saturated rings. The van der Waals surface area contributed by atoms with Gasteiger partial charge in [0.05, 0.1) is 17.3 Å². The molecule has 0 aliphatic carbocycles. The van der Waals surface area contributed by atoms with Crippen LogP contribution in [0.4, 0.5) is 0 Å². The highest BCUT2D eigenvalue weighted by atomic mass is 79.9. The Morgan fingerprint density at radius 3 is 2.75 bits per heavy atom. The van der Waals surface area contributed by atoms with Crippen molar-refractivity contribution < 1.29 is 0 Å². The van der Waals surface area contributed by atoms with E-state index in [-0.39, 0.29) is 6.04 Å². The Morgan fingerprint density at radius 2 is 2.19 bits per heavy atom. The third-order valence-electron chi connectivity index (χ3n) is 2.39. The third kappa shape index (κ3) is 2.29. The minimum atomic E-state index is -0.195. The fourth-order valence-electron chi connectivity index (χ4n) is 1.50. The van der Waals surface area contributed by atoms with E-state index in [2.05, 4.69) is 21.0 Å². The molecule has 1 aromatic carbocycles. The second-order valence-electron chi connectivity index (χ2n) is 3.60. The summed E-state index contributed by atoms with van der Waals surface area (Å²) >= 11 is 9.38. The van der Waals surface area contributed by atoms with Crippen LogP contribution in [0.5, 0.6) is 0 Å². The van der Waals surface area contributed by atoms with Crippen LogP contribution in [0.25, 0.3) is 0 Å². The molecule has 5 heteroatoms. The Labute approximate surface area is 107 Å². The van der Waals surface area contributed by atoms with Gasteiger partial charge in [-0.2, -0.15) is 5.10 Å². The maximum Gasteiger partial charge on any atom is 0.0583 e. The number of rotatable bonds is 2. The molecule has 2 aromatic rings. The van der Waals surface area contributed by atoms with E-state index in [0.29, 0.717) is 5.02 Å². The second-order valence-corrected chi connectivity index (χ2v) is 4.86. The summed E-state index contributed by atoms with van der Waals surface area (Å²) in [6, 6.07) is 5.52. The fourth-order valence-corrected chi connectivity index (χ4v) is 1.93. The molecule has 84 valence electrons. The molecule has 0 radical (unpaired) electrons. The lowest BCUT2D eigenvalue weighted by atomic mass is 10.0. The van der Waals surface area contributed by atoms with Gasteiger partial charge in [0, 0.05) is 23.3 Å². The average molecular weight is 301 g/mol. The van der Waals surface area contributed by atoms with E-state index in [1.165, 1.54) is 0 Å². The van der Waals surface area contributed by atoms with Gasteiger partial charge in [0.25, 0.3) is 0 Å². The van der Waals surface area contributed by atoms with E-state index in [9.17, 15) is 0 Å². The summed E-state index contributed by atoms with van der Waals surface area (Å²) in [5.74, 6) is 0. The van der Waals surface area contributed by atoms with E-state index < -0.39 is 0 Å². The van der Waals surface area contributed by atoms with E-state index in [4.69, 9.17) is 17.3 Å². The maximum atomic E-state index is 6.12. The van der Waals surface area contributed by atoms with Crippen molar-refractivity contribution in [2.24, 2.45) is 12.8 Å². The largest absolute Gasteiger partial charge is 0.320 e. The van der Waals surface area contributed by atoms with Gasteiger partial charge < -0.3 is 5.73 Å². The van der Waals surface area contributed by atoms with Crippen LogP contribution in [0.15, 0.2) is 35.1 Å². The predicted molar refractivity (Wildman–Crippen MR) is 68.4 cm³/mol. The molecular weight excluding hydrogens is 289 g/mol. The zero-order valence-corrected chi connectivity index (χ0v) is 11.0. The van der Waals surface area contributed by atoms with Crippen LogP contribution in [0, 0.1) is 0 Å². The maximum absolute atomic E-state index is 6.12. The summed E-state index contributed by atoms with van der Waals surface area (Å²) in [4.78, 5) is 0.